The molecule has 0 unspecified atom stereocenters. The second kappa shape index (κ2) is 6.54. The van der Waals surface area contributed by atoms with Gasteiger partial charge in [0.15, 0.2) is 11.6 Å². The number of pyridine rings is 2. The third-order valence-electron chi connectivity index (χ3n) is 2.18. The average Bonchev–Trinajstić information content (AvgIpc) is 2.42. The summed E-state index contributed by atoms with van der Waals surface area (Å²) in [5.41, 5.74) is 0.0650. The third kappa shape index (κ3) is 2.74. The first-order valence-electron chi connectivity index (χ1n) is 5.74. The molecular formula is C13H16FN3O. The molecule has 0 fully saturated rings. The first-order valence-corrected chi connectivity index (χ1v) is 5.74. The van der Waals surface area contributed by atoms with Crippen LogP contribution >= 0.6 is 0 Å². The smallest absolute Gasteiger partial charge is 0.279 e. The second-order valence-corrected chi connectivity index (χ2v) is 3.16. The molecular weight excluding hydrogens is 233 g/mol. The minimum Gasteiger partial charge on any atom is -0.384 e. The normalized spacial score (nSPS) is 9.33. The highest BCUT2D eigenvalue weighted by molar-refractivity contribution is 5.42. The van der Waals surface area contributed by atoms with E-state index in [0.29, 0.717) is 5.69 Å². The SMILES string of the molecule is CC.CNc1cccn(-c2ncccc2F)c1=O. The minimum absolute atomic E-state index is 0.00426. The minimum atomic E-state index is -0.530. The van der Waals surface area contributed by atoms with E-state index in [1.807, 2.05) is 13.8 Å². The lowest BCUT2D eigenvalue weighted by Gasteiger charge is -2.07. The van der Waals surface area contributed by atoms with Crippen molar-refractivity contribution in [3.05, 3.63) is 52.8 Å². The lowest BCUT2D eigenvalue weighted by atomic mass is 10.3. The largest absolute Gasteiger partial charge is 0.384 e. The Morgan fingerprint density at radius 3 is 2.61 bits per heavy atom. The molecule has 4 nitrogen and oxygen atoms in total. The molecule has 96 valence electrons. The zero-order valence-corrected chi connectivity index (χ0v) is 10.6. The van der Waals surface area contributed by atoms with Crippen molar-refractivity contribution in [1.82, 2.24) is 9.55 Å². The van der Waals surface area contributed by atoms with Crippen LogP contribution in [0.2, 0.25) is 0 Å². The lowest BCUT2D eigenvalue weighted by Crippen LogP contribution is -2.21. The van der Waals surface area contributed by atoms with Gasteiger partial charge in [-0.05, 0) is 24.3 Å². The van der Waals surface area contributed by atoms with Crippen LogP contribution in [0.5, 0.6) is 0 Å². The van der Waals surface area contributed by atoms with Gasteiger partial charge in [-0.15, -0.1) is 0 Å². The number of nitrogens with zero attached hydrogens (tertiary/aromatic N) is 2. The maximum Gasteiger partial charge on any atom is 0.279 e. The van der Waals surface area contributed by atoms with Crippen molar-refractivity contribution in [3.8, 4) is 5.82 Å². The van der Waals surface area contributed by atoms with Crippen molar-refractivity contribution in [3.63, 3.8) is 0 Å². The fourth-order valence-electron chi connectivity index (χ4n) is 1.41. The highest BCUT2D eigenvalue weighted by atomic mass is 19.1. The molecule has 2 aromatic heterocycles. The molecule has 2 aromatic rings. The van der Waals surface area contributed by atoms with E-state index in [1.54, 1.807) is 19.2 Å². The predicted molar refractivity (Wildman–Crippen MR) is 70.7 cm³/mol. The van der Waals surface area contributed by atoms with Gasteiger partial charge in [-0.25, -0.2) is 9.37 Å². The maximum absolute atomic E-state index is 13.4. The van der Waals surface area contributed by atoms with Crippen LogP contribution in [-0.4, -0.2) is 16.6 Å². The first-order chi connectivity index (χ1) is 8.74. The number of hydrogen-bond donors (Lipinski definition) is 1. The molecule has 0 amide bonds. The van der Waals surface area contributed by atoms with Gasteiger partial charge >= 0.3 is 0 Å². The number of aromatic nitrogens is 2. The molecule has 0 saturated carbocycles. The molecule has 0 aliphatic heterocycles. The van der Waals surface area contributed by atoms with E-state index in [9.17, 15) is 9.18 Å². The topological polar surface area (TPSA) is 46.9 Å². The molecule has 2 rings (SSSR count). The third-order valence-corrected chi connectivity index (χ3v) is 2.18. The van der Waals surface area contributed by atoms with Gasteiger partial charge in [0.05, 0.1) is 0 Å². The van der Waals surface area contributed by atoms with Crippen LogP contribution in [0.15, 0.2) is 41.5 Å². The molecule has 0 aliphatic carbocycles. The number of anilines is 1. The van der Waals surface area contributed by atoms with E-state index in [4.69, 9.17) is 0 Å². The second-order valence-electron chi connectivity index (χ2n) is 3.16. The van der Waals surface area contributed by atoms with Gasteiger partial charge in [-0.1, -0.05) is 13.8 Å². The summed E-state index contributed by atoms with van der Waals surface area (Å²) in [7, 11) is 1.63. The van der Waals surface area contributed by atoms with E-state index in [0.717, 1.165) is 0 Å². The molecule has 0 radical (unpaired) electrons. The molecule has 1 N–H and O–H groups in total. The summed E-state index contributed by atoms with van der Waals surface area (Å²) < 4.78 is 14.6. The van der Waals surface area contributed by atoms with Gasteiger partial charge in [-0.3, -0.25) is 9.36 Å². The number of nitrogens with one attached hydrogen (secondary N) is 1. The Kier molecular flexibility index (Phi) is 5.05. The Labute approximate surface area is 105 Å². The van der Waals surface area contributed by atoms with Crippen LogP contribution < -0.4 is 10.9 Å². The Hall–Kier alpha value is -2.17. The molecule has 18 heavy (non-hydrogen) atoms. The van der Waals surface area contributed by atoms with Crippen LogP contribution in [0, 0.1) is 5.82 Å². The van der Waals surface area contributed by atoms with Gasteiger partial charge in [0.25, 0.3) is 5.56 Å². The number of rotatable bonds is 2. The molecule has 2 heterocycles. The summed E-state index contributed by atoms with van der Waals surface area (Å²) in [5.74, 6) is -0.526. The van der Waals surface area contributed by atoms with Crippen molar-refractivity contribution in [2.75, 3.05) is 12.4 Å². The molecule has 0 spiro atoms. The first kappa shape index (κ1) is 13.9. The van der Waals surface area contributed by atoms with E-state index in [-0.39, 0.29) is 11.4 Å². The average molecular weight is 249 g/mol. The summed E-state index contributed by atoms with van der Waals surface area (Å²) in [6.45, 7) is 4.00. The Morgan fingerprint density at radius 1 is 1.28 bits per heavy atom. The monoisotopic (exact) mass is 249 g/mol. The fourth-order valence-corrected chi connectivity index (χ4v) is 1.41. The summed E-state index contributed by atoms with van der Waals surface area (Å²) in [6.07, 6.45) is 2.92. The molecule has 5 heteroatoms. The van der Waals surface area contributed by atoms with Crippen molar-refractivity contribution >= 4 is 5.69 Å². The molecule has 0 aromatic carbocycles. The van der Waals surface area contributed by atoms with E-state index < -0.39 is 5.82 Å². The van der Waals surface area contributed by atoms with Gasteiger partial charge in [0.2, 0.25) is 0 Å². The van der Waals surface area contributed by atoms with Crippen LogP contribution in [0.1, 0.15) is 13.8 Å². The van der Waals surface area contributed by atoms with E-state index >= 15 is 0 Å². The van der Waals surface area contributed by atoms with Crippen LogP contribution in [0.4, 0.5) is 10.1 Å². The zero-order valence-electron chi connectivity index (χ0n) is 10.6. The van der Waals surface area contributed by atoms with Crippen LogP contribution in [-0.2, 0) is 0 Å². The van der Waals surface area contributed by atoms with Crippen molar-refractivity contribution in [1.29, 1.82) is 0 Å². The van der Waals surface area contributed by atoms with E-state index in [1.165, 1.54) is 29.1 Å². The standard InChI is InChI=1S/C11H10FN3O.C2H6/c1-13-9-5-3-7-15(11(9)16)10-8(12)4-2-6-14-10;1-2/h2-7,13H,1H3;1-2H3. The lowest BCUT2D eigenvalue weighted by molar-refractivity contribution is 0.607. The summed E-state index contributed by atoms with van der Waals surface area (Å²) in [6, 6.07) is 6.02. The van der Waals surface area contributed by atoms with Crippen molar-refractivity contribution in [2.24, 2.45) is 0 Å². The molecule has 0 bridgehead atoms. The number of halogens is 1. The fraction of sp³-hybridized carbons (Fsp3) is 0.231. The van der Waals surface area contributed by atoms with Gasteiger partial charge < -0.3 is 5.32 Å². The number of hydrogen-bond acceptors (Lipinski definition) is 3. The van der Waals surface area contributed by atoms with Gasteiger partial charge in [0, 0.05) is 19.4 Å². The van der Waals surface area contributed by atoms with Crippen LogP contribution in [0.3, 0.4) is 0 Å². The van der Waals surface area contributed by atoms with Gasteiger partial charge in [0.1, 0.15) is 5.69 Å². The summed E-state index contributed by atoms with van der Waals surface area (Å²) in [4.78, 5) is 15.7. The molecule has 0 aliphatic rings. The molecule has 0 saturated heterocycles. The van der Waals surface area contributed by atoms with Crippen molar-refractivity contribution in [2.45, 2.75) is 13.8 Å². The summed E-state index contributed by atoms with van der Waals surface area (Å²) in [5, 5.41) is 2.74. The van der Waals surface area contributed by atoms with Gasteiger partial charge in [-0.2, -0.15) is 0 Å². The molecule has 0 atom stereocenters. The zero-order chi connectivity index (χ0) is 13.5. The summed E-state index contributed by atoms with van der Waals surface area (Å²) >= 11 is 0. The van der Waals surface area contributed by atoms with E-state index in [2.05, 4.69) is 10.3 Å². The van der Waals surface area contributed by atoms with Crippen LogP contribution in [0.25, 0.3) is 5.82 Å². The predicted octanol–water partition coefficient (Wildman–Crippen LogP) is 2.44. The quantitative estimate of drug-likeness (QED) is 0.889. The Morgan fingerprint density at radius 2 is 2.00 bits per heavy atom. The Balaban J connectivity index is 0.000000771. The highest BCUT2D eigenvalue weighted by Crippen LogP contribution is 2.08. The highest BCUT2D eigenvalue weighted by Gasteiger charge is 2.08. The van der Waals surface area contributed by atoms with Crippen molar-refractivity contribution < 1.29 is 4.39 Å². The maximum atomic E-state index is 13.4. The Bertz CT molecular complexity index is 566.